The van der Waals surface area contributed by atoms with E-state index in [1.54, 1.807) is 12.0 Å². The molecule has 2 heterocycles. The maximum Gasteiger partial charge on any atom is 0.254 e. The van der Waals surface area contributed by atoms with E-state index in [-0.39, 0.29) is 18.2 Å². The van der Waals surface area contributed by atoms with Crippen molar-refractivity contribution in [2.24, 2.45) is 5.92 Å². The van der Waals surface area contributed by atoms with E-state index in [2.05, 4.69) is 25.9 Å². The molecule has 1 unspecified atom stereocenters. The molecule has 7 heteroatoms. The highest BCUT2D eigenvalue weighted by molar-refractivity contribution is 6.03. The highest BCUT2D eigenvalue weighted by Crippen LogP contribution is 2.52. The summed E-state index contributed by atoms with van der Waals surface area (Å²) in [5.74, 6) is 1.59. The summed E-state index contributed by atoms with van der Waals surface area (Å²) < 4.78 is 18.7. The Hall–Kier alpha value is -2.80. The minimum Gasteiger partial charge on any atom is -0.496 e. The number of carbonyl (C=O) groups excluding carboxylic acids is 2. The summed E-state index contributed by atoms with van der Waals surface area (Å²) in [6, 6.07) is 0.604. The van der Waals surface area contributed by atoms with Crippen molar-refractivity contribution in [3.8, 4) is 11.5 Å². The number of rotatable bonds is 5. The normalized spacial score (nSPS) is 27.6. The molecule has 1 aromatic carbocycles. The number of Topliss-reactive ketones (excluding diaryl/α,β-unsaturated/α-hetero) is 1. The van der Waals surface area contributed by atoms with Crippen LogP contribution in [-0.2, 0) is 16.0 Å². The van der Waals surface area contributed by atoms with Gasteiger partial charge in [0.05, 0.1) is 19.2 Å². The van der Waals surface area contributed by atoms with Crippen LogP contribution in [0.3, 0.4) is 0 Å². The van der Waals surface area contributed by atoms with Crippen molar-refractivity contribution in [2.75, 3.05) is 34.3 Å². The van der Waals surface area contributed by atoms with Gasteiger partial charge in [0, 0.05) is 43.0 Å². The van der Waals surface area contributed by atoms with E-state index in [1.807, 2.05) is 26.8 Å². The number of benzene rings is 1. The van der Waals surface area contributed by atoms with E-state index in [1.165, 1.54) is 0 Å². The van der Waals surface area contributed by atoms with Crippen molar-refractivity contribution in [1.82, 2.24) is 9.80 Å². The summed E-state index contributed by atoms with van der Waals surface area (Å²) in [4.78, 5) is 30.7. The molecule has 4 aliphatic rings. The molecule has 1 atom stereocenters. The van der Waals surface area contributed by atoms with E-state index < -0.39 is 5.79 Å². The first kappa shape index (κ1) is 25.8. The van der Waals surface area contributed by atoms with Gasteiger partial charge in [-0.25, -0.2) is 0 Å². The Morgan fingerprint density at radius 2 is 1.70 bits per heavy atom. The molecular formula is C30H40N2O5. The van der Waals surface area contributed by atoms with Gasteiger partial charge in [0.2, 0.25) is 0 Å². The highest BCUT2D eigenvalue weighted by atomic mass is 16.7. The van der Waals surface area contributed by atoms with E-state index >= 15 is 0 Å². The largest absolute Gasteiger partial charge is 0.496 e. The number of hydrogen-bond acceptors (Lipinski definition) is 6. The fourth-order valence-electron chi connectivity index (χ4n) is 6.62. The van der Waals surface area contributed by atoms with Crippen molar-refractivity contribution < 1.29 is 23.8 Å². The average Bonchev–Trinajstić information content (AvgIpc) is 3.24. The molecule has 2 aliphatic carbocycles. The Labute approximate surface area is 220 Å². The Morgan fingerprint density at radius 1 is 1.05 bits per heavy atom. The first-order valence-corrected chi connectivity index (χ1v) is 13.5. The number of hydrogen-bond donors (Lipinski definition) is 0. The summed E-state index contributed by atoms with van der Waals surface area (Å²) >= 11 is 0. The lowest BCUT2D eigenvalue weighted by atomic mass is 9.81. The van der Waals surface area contributed by atoms with Crippen LogP contribution in [0.1, 0.15) is 73.0 Å². The number of fused-ring (bicyclic) bond motifs is 2. The molecular weight excluding hydrogens is 468 g/mol. The van der Waals surface area contributed by atoms with Crippen LogP contribution in [0.2, 0.25) is 0 Å². The van der Waals surface area contributed by atoms with Crippen LogP contribution in [0.25, 0.3) is 0 Å². The zero-order valence-electron chi connectivity index (χ0n) is 23.3. The third-order valence-corrected chi connectivity index (χ3v) is 8.95. The molecule has 0 radical (unpaired) electrons. The number of methoxy groups -OCH3 is 1. The minimum atomic E-state index is -0.724. The Kier molecular flexibility index (Phi) is 6.63. The molecule has 1 amide bonds. The monoisotopic (exact) mass is 508 g/mol. The number of ketones is 1. The standard InChI is InChI=1S/C30H40N2O5/c1-17-14-24(33)23(25(15-17)35-7)16-32-13-12-22-18(2)27-28(19(3)26(22)29(32)34)37-30(4,36-27)20-8-10-21(11-9-20)31(5)6/h15,20-21H,8-14,16H2,1-7H3. The molecule has 37 heavy (non-hydrogen) atoms. The van der Waals surface area contributed by atoms with Gasteiger partial charge in [0.15, 0.2) is 17.3 Å². The second-order valence-electron chi connectivity index (χ2n) is 11.6. The van der Waals surface area contributed by atoms with Gasteiger partial charge in [-0.1, -0.05) is 5.57 Å². The number of allylic oxidation sites excluding steroid dienone is 2. The zero-order chi connectivity index (χ0) is 26.6. The van der Waals surface area contributed by atoms with Crippen molar-refractivity contribution >= 4 is 11.7 Å². The molecule has 200 valence electrons. The van der Waals surface area contributed by atoms with Crippen LogP contribution in [-0.4, -0.2) is 67.6 Å². The zero-order valence-corrected chi connectivity index (χ0v) is 23.3. The molecule has 7 nitrogen and oxygen atoms in total. The lowest BCUT2D eigenvalue weighted by molar-refractivity contribution is -0.123. The molecule has 5 rings (SSSR count). The lowest BCUT2D eigenvalue weighted by Crippen LogP contribution is -2.46. The summed E-state index contributed by atoms with van der Waals surface area (Å²) in [5, 5.41) is 0. The predicted octanol–water partition coefficient (Wildman–Crippen LogP) is 4.73. The van der Waals surface area contributed by atoms with Gasteiger partial charge in [0.1, 0.15) is 5.76 Å². The molecule has 0 saturated heterocycles. The maximum atomic E-state index is 13.8. The van der Waals surface area contributed by atoms with Crippen LogP contribution < -0.4 is 9.47 Å². The average molecular weight is 509 g/mol. The molecule has 1 fully saturated rings. The Morgan fingerprint density at radius 3 is 2.32 bits per heavy atom. The van der Waals surface area contributed by atoms with Crippen LogP contribution in [0.15, 0.2) is 23.0 Å². The van der Waals surface area contributed by atoms with Gasteiger partial charge in [-0.3, -0.25) is 9.59 Å². The first-order chi connectivity index (χ1) is 17.5. The summed E-state index contributed by atoms with van der Waals surface area (Å²) in [6.07, 6.45) is 7.35. The molecule has 2 aliphatic heterocycles. The maximum absolute atomic E-state index is 13.8. The topological polar surface area (TPSA) is 68.3 Å². The molecule has 0 bridgehead atoms. The van der Waals surface area contributed by atoms with Gasteiger partial charge >= 0.3 is 0 Å². The van der Waals surface area contributed by atoms with Crippen LogP contribution >= 0.6 is 0 Å². The van der Waals surface area contributed by atoms with Gasteiger partial charge in [-0.2, -0.15) is 0 Å². The summed E-state index contributed by atoms with van der Waals surface area (Å²) in [7, 11) is 5.87. The quantitative estimate of drug-likeness (QED) is 0.573. The molecule has 0 spiro atoms. The van der Waals surface area contributed by atoms with E-state index in [0.717, 1.165) is 53.7 Å². The Bertz CT molecular complexity index is 1210. The first-order valence-electron chi connectivity index (χ1n) is 13.5. The number of nitrogens with zero attached hydrogens (tertiary/aromatic N) is 2. The van der Waals surface area contributed by atoms with E-state index in [9.17, 15) is 9.59 Å². The van der Waals surface area contributed by atoms with Crippen LogP contribution in [0, 0.1) is 19.8 Å². The number of ether oxygens (including phenoxy) is 3. The van der Waals surface area contributed by atoms with Gasteiger partial charge in [-0.15, -0.1) is 0 Å². The van der Waals surface area contributed by atoms with Crippen molar-refractivity contribution in [3.63, 3.8) is 0 Å². The van der Waals surface area contributed by atoms with E-state index in [4.69, 9.17) is 14.2 Å². The van der Waals surface area contributed by atoms with Crippen LogP contribution in [0.5, 0.6) is 11.5 Å². The lowest BCUT2D eigenvalue weighted by Gasteiger charge is -2.39. The Balaban J connectivity index is 1.42. The smallest absolute Gasteiger partial charge is 0.254 e. The molecule has 0 aromatic heterocycles. The fraction of sp³-hybridized carbons (Fsp3) is 0.600. The molecule has 0 N–H and O–H groups in total. The second kappa shape index (κ2) is 9.50. The van der Waals surface area contributed by atoms with Gasteiger partial charge < -0.3 is 24.0 Å². The third-order valence-electron chi connectivity index (χ3n) is 8.95. The number of amides is 1. The summed E-state index contributed by atoms with van der Waals surface area (Å²) in [6.45, 7) is 8.79. The fourth-order valence-corrected chi connectivity index (χ4v) is 6.62. The number of carbonyl (C=O) groups is 2. The van der Waals surface area contributed by atoms with Gasteiger partial charge in [0.25, 0.3) is 11.7 Å². The van der Waals surface area contributed by atoms with E-state index in [0.29, 0.717) is 54.0 Å². The van der Waals surface area contributed by atoms with Crippen molar-refractivity contribution in [2.45, 2.75) is 78.0 Å². The van der Waals surface area contributed by atoms with Gasteiger partial charge in [-0.05, 0) is 84.2 Å². The second-order valence-corrected chi connectivity index (χ2v) is 11.6. The molecule has 1 aromatic rings. The summed E-state index contributed by atoms with van der Waals surface area (Å²) in [5.41, 5.74) is 5.11. The van der Waals surface area contributed by atoms with Crippen molar-refractivity contribution in [3.05, 3.63) is 45.2 Å². The SMILES string of the molecule is COC1=C(CN2CCc3c(C)c4c(c(C)c3C2=O)OC(C)(C2CCC(N(C)C)CC2)O4)C(=O)CC(C)=C1. The predicted molar refractivity (Wildman–Crippen MR) is 142 cm³/mol. The third kappa shape index (κ3) is 4.35. The van der Waals surface area contributed by atoms with Crippen molar-refractivity contribution in [1.29, 1.82) is 0 Å². The molecule has 1 saturated carbocycles. The van der Waals surface area contributed by atoms with Crippen LogP contribution in [0.4, 0.5) is 0 Å². The minimum absolute atomic E-state index is 0.0220. The highest BCUT2D eigenvalue weighted by Gasteiger charge is 2.48.